The maximum absolute atomic E-state index is 12.7. The number of carbonyl (C=O) groups is 4. The van der Waals surface area contributed by atoms with E-state index in [9.17, 15) is 49.5 Å². The highest BCUT2D eigenvalue weighted by atomic mass is 16.6. The number of rotatable bonds is 4. The maximum atomic E-state index is 12.7. The lowest BCUT2D eigenvalue weighted by Gasteiger charge is -2.19. The molecule has 2 aliphatic carbocycles. The van der Waals surface area contributed by atoms with Crippen molar-refractivity contribution in [3.8, 4) is 0 Å². The molecule has 0 saturated heterocycles. The number of nitrogens with two attached hydrogens (primary N) is 2. The van der Waals surface area contributed by atoms with Crippen LogP contribution in [0.5, 0.6) is 0 Å². The maximum Gasteiger partial charge on any atom is 0.281 e. The zero-order valence-corrected chi connectivity index (χ0v) is 22.1. The number of anilines is 2. The van der Waals surface area contributed by atoms with E-state index in [1.165, 1.54) is 18.2 Å². The number of ketones is 4. The van der Waals surface area contributed by atoms with E-state index in [1.54, 1.807) is 24.3 Å². The summed E-state index contributed by atoms with van der Waals surface area (Å²) in [5.74, 6) is -2.37. The van der Waals surface area contributed by atoms with E-state index in [1.807, 2.05) is 0 Å². The molecule has 6 rings (SSSR count). The molecule has 0 fully saturated rings. The first kappa shape index (κ1) is 28.9. The highest BCUT2D eigenvalue weighted by Gasteiger charge is 2.42. The van der Waals surface area contributed by atoms with Gasteiger partial charge in [0.05, 0.1) is 21.0 Å². The summed E-state index contributed by atoms with van der Waals surface area (Å²) in [5, 5.41) is 32.9. The Balaban J connectivity index is 0.000000177. The Morgan fingerprint density at radius 1 is 0.523 bits per heavy atom. The molecule has 0 aliphatic heterocycles. The highest BCUT2D eigenvalue weighted by Crippen LogP contribution is 2.41. The monoisotopic (exact) mass is 595 g/mol. The molecule has 0 atom stereocenters. The molecule has 0 unspecified atom stereocenters. The van der Waals surface area contributed by atoms with Crippen molar-refractivity contribution < 1.29 is 33.9 Å². The van der Waals surface area contributed by atoms with Crippen molar-refractivity contribution in [1.82, 2.24) is 0 Å². The number of nitro groups is 3. The number of hydrogen-bond donors (Lipinski definition) is 2. The standard InChI is InChI=1S/C15H9NO4.C14H8N4O6/c17-14-10-3-1-2-4-11(10)15(18)13-7-9(8-16(19)20)5-6-12(13)14;15-5-1-3-7(17(21)22)11-9(5)13(19)12-8(18(23)24)4-2-6(16)10(12)14(11)20/h1-7H,8H2;1-4H,15-16H2. The second-order valence-corrected chi connectivity index (χ2v) is 9.59. The van der Waals surface area contributed by atoms with E-state index < -0.39 is 60.0 Å². The molecule has 218 valence electrons. The zero-order chi connectivity index (χ0) is 32.0. The number of benzene rings is 4. The Bertz CT molecular complexity index is 1960. The molecule has 0 heterocycles. The van der Waals surface area contributed by atoms with Crippen molar-refractivity contribution in [3.05, 3.63) is 147 Å². The second kappa shape index (κ2) is 10.6. The summed E-state index contributed by atoms with van der Waals surface area (Å²) >= 11 is 0. The van der Waals surface area contributed by atoms with Gasteiger partial charge in [-0.3, -0.25) is 49.5 Å². The quantitative estimate of drug-likeness (QED) is 0.168. The number of hydrogen-bond acceptors (Lipinski definition) is 12. The Morgan fingerprint density at radius 3 is 1.39 bits per heavy atom. The summed E-state index contributed by atoms with van der Waals surface area (Å²) in [6.07, 6.45) is 0. The smallest absolute Gasteiger partial charge is 0.281 e. The van der Waals surface area contributed by atoms with Crippen LogP contribution < -0.4 is 11.5 Å². The lowest BCUT2D eigenvalue weighted by atomic mass is 9.81. The van der Waals surface area contributed by atoms with E-state index in [0.717, 1.165) is 24.3 Å². The Kier molecular flexibility index (Phi) is 6.98. The summed E-state index contributed by atoms with van der Waals surface area (Å²) < 4.78 is 0. The highest BCUT2D eigenvalue weighted by molar-refractivity contribution is 6.34. The van der Waals surface area contributed by atoms with Crippen LogP contribution in [-0.4, -0.2) is 37.9 Å². The number of nitrogen functional groups attached to an aromatic ring is 2. The van der Waals surface area contributed by atoms with Crippen LogP contribution in [0.15, 0.2) is 66.7 Å². The Morgan fingerprint density at radius 2 is 0.955 bits per heavy atom. The van der Waals surface area contributed by atoms with E-state index in [4.69, 9.17) is 11.5 Å². The number of nitro benzene ring substituents is 2. The molecule has 0 bridgehead atoms. The molecular formula is C29H17N5O10. The van der Waals surface area contributed by atoms with Crippen LogP contribution in [0.1, 0.15) is 69.2 Å². The summed E-state index contributed by atoms with van der Waals surface area (Å²) in [5.41, 5.74) is 9.61. The van der Waals surface area contributed by atoms with E-state index >= 15 is 0 Å². The molecule has 4 aromatic rings. The predicted octanol–water partition coefficient (Wildman–Crippen LogP) is 3.68. The first-order valence-corrected chi connectivity index (χ1v) is 12.5. The van der Waals surface area contributed by atoms with E-state index in [2.05, 4.69) is 0 Å². The molecule has 0 amide bonds. The number of carbonyl (C=O) groups excluding carboxylic acids is 4. The van der Waals surface area contributed by atoms with Crippen LogP contribution in [0.2, 0.25) is 0 Å². The van der Waals surface area contributed by atoms with Crippen molar-refractivity contribution in [2.45, 2.75) is 6.54 Å². The van der Waals surface area contributed by atoms with Crippen molar-refractivity contribution in [3.63, 3.8) is 0 Å². The van der Waals surface area contributed by atoms with Crippen molar-refractivity contribution in [2.75, 3.05) is 11.5 Å². The molecule has 0 aromatic heterocycles. The average Bonchev–Trinajstić information content (AvgIpc) is 2.98. The molecule has 44 heavy (non-hydrogen) atoms. The van der Waals surface area contributed by atoms with E-state index in [0.29, 0.717) is 22.3 Å². The molecular weight excluding hydrogens is 578 g/mol. The van der Waals surface area contributed by atoms with Gasteiger partial charge in [-0.15, -0.1) is 0 Å². The average molecular weight is 595 g/mol. The van der Waals surface area contributed by atoms with Crippen LogP contribution in [0.3, 0.4) is 0 Å². The van der Waals surface area contributed by atoms with Crippen LogP contribution in [0.25, 0.3) is 0 Å². The van der Waals surface area contributed by atoms with Crippen molar-refractivity contribution in [2.24, 2.45) is 0 Å². The van der Waals surface area contributed by atoms with Gasteiger partial charge in [-0.2, -0.15) is 0 Å². The molecule has 15 nitrogen and oxygen atoms in total. The minimum Gasteiger partial charge on any atom is -0.398 e. The largest absolute Gasteiger partial charge is 0.398 e. The fraction of sp³-hybridized carbons (Fsp3) is 0.0345. The Labute approximate surface area is 245 Å². The van der Waals surface area contributed by atoms with Gasteiger partial charge in [0.25, 0.3) is 11.4 Å². The van der Waals surface area contributed by atoms with Crippen LogP contribution in [0.4, 0.5) is 22.7 Å². The van der Waals surface area contributed by atoms with Gasteiger partial charge in [0, 0.05) is 56.2 Å². The molecule has 2 aliphatic rings. The molecule has 0 radical (unpaired) electrons. The fourth-order valence-electron chi connectivity index (χ4n) is 5.11. The fourth-order valence-corrected chi connectivity index (χ4v) is 5.11. The van der Waals surface area contributed by atoms with Gasteiger partial charge in [-0.05, 0) is 24.3 Å². The molecule has 4 N–H and O–H groups in total. The van der Waals surface area contributed by atoms with Gasteiger partial charge in [-0.25, -0.2) is 0 Å². The van der Waals surface area contributed by atoms with Gasteiger partial charge in [0.15, 0.2) is 11.6 Å². The third-order valence-corrected chi connectivity index (χ3v) is 7.03. The van der Waals surface area contributed by atoms with Crippen molar-refractivity contribution >= 4 is 45.9 Å². The number of fused-ring (bicyclic) bond motifs is 4. The second-order valence-electron chi connectivity index (χ2n) is 9.59. The van der Waals surface area contributed by atoms with Gasteiger partial charge in [0.1, 0.15) is 11.1 Å². The summed E-state index contributed by atoms with van der Waals surface area (Å²) in [4.78, 5) is 80.8. The van der Waals surface area contributed by atoms with Gasteiger partial charge < -0.3 is 11.5 Å². The normalized spacial score (nSPS) is 12.6. The third-order valence-electron chi connectivity index (χ3n) is 7.03. The Hall–Kier alpha value is -6.64. The molecule has 0 saturated carbocycles. The van der Waals surface area contributed by atoms with Crippen LogP contribution in [-0.2, 0) is 6.54 Å². The number of nitrogens with zero attached hydrogens (tertiary/aromatic N) is 3. The topological polar surface area (TPSA) is 250 Å². The summed E-state index contributed by atoms with van der Waals surface area (Å²) in [6.45, 7) is -0.365. The first-order chi connectivity index (χ1) is 20.8. The molecule has 4 aromatic carbocycles. The van der Waals surface area contributed by atoms with Gasteiger partial charge >= 0.3 is 0 Å². The SMILES string of the molecule is Nc1ccc([N+](=O)[O-])c2c1C(=O)c1c([N+](=O)[O-])ccc(N)c1C2=O.O=C1c2ccccc2C(=O)c2cc(C[N+](=O)[O-])ccc21. The minimum atomic E-state index is -0.945. The van der Waals surface area contributed by atoms with Crippen molar-refractivity contribution in [1.29, 1.82) is 0 Å². The van der Waals surface area contributed by atoms with Gasteiger partial charge in [-0.1, -0.05) is 30.3 Å². The van der Waals surface area contributed by atoms with Crippen LogP contribution >= 0.6 is 0 Å². The van der Waals surface area contributed by atoms with Gasteiger partial charge in [0.2, 0.25) is 18.1 Å². The first-order valence-electron chi connectivity index (χ1n) is 12.5. The van der Waals surface area contributed by atoms with Crippen LogP contribution in [0, 0.1) is 30.3 Å². The summed E-state index contributed by atoms with van der Waals surface area (Å²) in [7, 11) is 0. The predicted molar refractivity (Wildman–Crippen MR) is 152 cm³/mol. The molecule has 15 heteroatoms. The van der Waals surface area contributed by atoms with E-state index in [-0.39, 0.29) is 35.0 Å². The summed E-state index contributed by atoms with van der Waals surface area (Å²) in [6, 6.07) is 15.2. The zero-order valence-electron chi connectivity index (χ0n) is 22.1. The third kappa shape index (κ3) is 4.59. The minimum absolute atomic E-state index is 0.184. The lowest BCUT2D eigenvalue weighted by Crippen LogP contribution is -2.26. The lowest BCUT2D eigenvalue weighted by molar-refractivity contribution is -0.496. The molecule has 0 spiro atoms.